The molecule has 0 bridgehead atoms. The zero-order valence-corrected chi connectivity index (χ0v) is 17.6. The van der Waals surface area contributed by atoms with E-state index >= 15 is 0 Å². The smallest absolute Gasteiger partial charge is 0.300 e. The van der Waals surface area contributed by atoms with E-state index in [1.807, 2.05) is 18.2 Å². The lowest BCUT2D eigenvalue weighted by molar-refractivity contribution is 0.101. The van der Waals surface area contributed by atoms with Crippen LogP contribution in [0.2, 0.25) is 0 Å². The lowest BCUT2D eigenvalue weighted by Crippen LogP contribution is -2.26. The Bertz CT molecular complexity index is 1630. The normalized spacial score (nSPS) is 11.8. The second-order valence-electron chi connectivity index (χ2n) is 7.08. The van der Waals surface area contributed by atoms with E-state index in [2.05, 4.69) is 10.1 Å². The number of carbonyl (C=O) groups excluding carboxylic acids is 1. The number of nitrogens with zero attached hydrogens (tertiary/aromatic N) is 3. The van der Waals surface area contributed by atoms with E-state index in [0.717, 1.165) is 21.4 Å². The Labute approximate surface area is 184 Å². The van der Waals surface area contributed by atoms with Gasteiger partial charge in [-0.25, -0.2) is 0 Å². The molecule has 0 atom stereocenters. The second kappa shape index (κ2) is 7.82. The summed E-state index contributed by atoms with van der Waals surface area (Å²) in [5, 5.41) is 4.24. The van der Waals surface area contributed by atoms with Gasteiger partial charge in [-0.2, -0.15) is 14.6 Å². The van der Waals surface area contributed by atoms with Crippen LogP contribution >= 0.6 is 11.3 Å². The number of thiazole rings is 1. The van der Waals surface area contributed by atoms with Crippen LogP contribution in [0, 0.1) is 0 Å². The topological polar surface area (TPSA) is 94.5 Å². The molecular weight excluding hydrogens is 426 g/mol. The van der Waals surface area contributed by atoms with Gasteiger partial charge in [-0.1, -0.05) is 65.9 Å². The molecule has 0 aliphatic heterocycles. The third-order valence-electron chi connectivity index (χ3n) is 4.91. The summed E-state index contributed by atoms with van der Waals surface area (Å²) >= 11 is 1.07. The fourth-order valence-corrected chi connectivity index (χ4v) is 4.15. The number of aromatic nitrogens is 3. The maximum atomic E-state index is 12.9. The van der Waals surface area contributed by atoms with Gasteiger partial charge in [0.05, 0.1) is 0 Å². The molecule has 0 spiro atoms. The number of ketones is 1. The Morgan fingerprint density at radius 2 is 1.72 bits per heavy atom. The number of fused-ring (bicyclic) bond motifs is 1. The Kier molecular flexibility index (Phi) is 4.84. The molecule has 2 aromatic carbocycles. The van der Waals surface area contributed by atoms with E-state index in [9.17, 15) is 14.4 Å². The summed E-state index contributed by atoms with van der Waals surface area (Å²) in [7, 11) is 0. The van der Waals surface area contributed by atoms with Crippen molar-refractivity contribution in [1.29, 1.82) is 0 Å². The van der Waals surface area contributed by atoms with Crippen molar-refractivity contribution in [2.75, 3.05) is 0 Å². The molecule has 156 valence electrons. The van der Waals surface area contributed by atoms with Crippen molar-refractivity contribution in [2.24, 2.45) is 0 Å². The van der Waals surface area contributed by atoms with E-state index in [4.69, 9.17) is 4.42 Å². The first-order chi connectivity index (χ1) is 15.5. The summed E-state index contributed by atoms with van der Waals surface area (Å²) in [5.74, 6) is 1.08. The highest BCUT2D eigenvalue weighted by molar-refractivity contribution is 7.15. The maximum absolute atomic E-state index is 12.9. The minimum Gasteiger partial charge on any atom is -0.457 e. The molecule has 5 rings (SSSR count). The highest BCUT2D eigenvalue weighted by Crippen LogP contribution is 2.23. The fraction of sp³-hybridized carbons (Fsp3) is 0.0417. The predicted molar refractivity (Wildman–Crippen MR) is 122 cm³/mol. The van der Waals surface area contributed by atoms with Gasteiger partial charge in [0, 0.05) is 22.8 Å². The SMILES string of the molecule is CC(=O)c1ccc(-c2ccc(C=c3sc4nc(=O)c(-c5ccccc5)nn4c3=O)o2)cc1. The Morgan fingerprint density at radius 3 is 2.44 bits per heavy atom. The van der Waals surface area contributed by atoms with Gasteiger partial charge in [-0.05, 0) is 19.1 Å². The predicted octanol–water partition coefficient (Wildman–Crippen LogP) is 3.19. The first-order valence-electron chi connectivity index (χ1n) is 9.72. The van der Waals surface area contributed by atoms with E-state index in [1.165, 1.54) is 6.92 Å². The largest absolute Gasteiger partial charge is 0.457 e. The number of rotatable bonds is 4. The summed E-state index contributed by atoms with van der Waals surface area (Å²) in [4.78, 5) is 41.0. The highest BCUT2D eigenvalue weighted by atomic mass is 32.1. The molecule has 0 saturated carbocycles. The molecule has 3 aromatic heterocycles. The first kappa shape index (κ1) is 19.8. The van der Waals surface area contributed by atoms with Crippen molar-refractivity contribution in [3.05, 3.63) is 103 Å². The first-order valence-corrected chi connectivity index (χ1v) is 10.5. The zero-order valence-electron chi connectivity index (χ0n) is 16.8. The van der Waals surface area contributed by atoms with Crippen LogP contribution in [0.5, 0.6) is 0 Å². The molecule has 5 aromatic rings. The Hall–Kier alpha value is -4.17. The van der Waals surface area contributed by atoms with Gasteiger partial charge >= 0.3 is 5.56 Å². The van der Waals surface area contributed by atoms with E-state index in [1.54, 1.807) is 54.6 Å². The molecule has 0 amide bonds. The lowest BCUT2D eigenvalue weighted by Gasteiger charge is -1.98. The lowest BCUT2D eigenvalue weighted by atomic mass is 10.1. The van der Waals surface area contributed by atoms with Gasteiger partial charge < -0.3 is 4.42 Å². The van der Waals surface area contributed by atoms with Gasteiger partial charge in [0.1, 0.15) is 16.1 Å². The summed E-state index contributed by atoms with van der Waals surface area (Å²) < 4.78 is 7.35. The van der Waals surface area contributed by atoms with Crippen molar-refractivity contribution in [2.45, 2.75) is 6.92 Å². The Balaban J connectivity index is 1.55. The molecule has 3 heterocycles. The van der Waals surface area contributed by atoms with Crippen LogP contribution in [-0.2, 0) is 0 Å². The average Bonchev–Trinajstić information content (AvgIpc) is 3.38. The number of hydrogen-bond acceptors (Lipinski definition) is 7. The van der Waals surface area contributed by atoms with Crippen LogP contribution in [0.15, 0.2) is 80.7 Å². The zero-order chi connectivity index (χ0) is 22.2. The molecule has 0 unspecified atom stereocenters. The molecule has 8 heteroatoms. The third-order valence-corrected chi connectivity index (χ3v) is 5.87. The fourth-order valence-electron chi connectivity index (χ4n) is 3.27. The second-order valence-corrected chi connectivity index (χ2v) is 8.09. The third kappa shape index (κ3) is 3.57. The monoisotopic (exact) mass is 441 g/mol. The van der Waals surface area contributed by atoms with Gasteiger partial charge in [-0.15, -0.1) is 0 Å². The maximum Gasteiger partial charge on any atom is 0.300 e. The van der Waals surface area contributed by atoms with Gasteiger partial charge in [-0.3, -0.25) is 14.4 Å². The Morgan fingerprint density at radius 1 is 0.969 bits per heavy atom. The summed E-state index contributed by atoms with van der Waals surface area (Å²) in [6.45, 7) is 1.51. The summed E-state index contributed by atoms with van der Waals surface area (Å²) in [6, 6.07) is 19.5. The number of Topliss-reactive ketones (excluding diaryl/α,β-unsaturated/α-hetero) is 1. The summed E-state index contributed by atoms with van der Waals surface area (Å²) in [5.41, 5.74) is 1.30. The van der Waals surface area contributed by atoms with Crippen molar-refractivity contribution < 1.29 is 9.21 Å². The van der Waals surface area contributed by atoms with E-state index < -0.39 is 5.56 Å². The molecule has 0 radical (unpaired) electrons. The molecule has 0 N–H and O–H groups in total. The number of benzene rings is 2. The molecule has 0 aliphatic carbocycles. The van der Waals surface area contributed by atoms with E-state index in [-0.39, 0.29) is 22.0 Å². The van der Waals surface area contributed by atoms with Gasteiger partial charge in [0.25, 0.3) is 5.56 Å². The molecular formula is C24H15N3O4S. The molecule has 0 aliphatic rings. The van der Waals surface area contributed by atoms with Crippen molar-refractivity contribution in [1.82, 2.24) is 14.6 Å². The summed E-state index contributed by atoms with van der Waals surface area (Å²) in [6.07, 6.45) is 1.60. The van der Waals surface area contributed by atoms with Crippen LogP contribution in [0.3, 0.4) is 0 Å². The van der Waals surface area contributed by atoms with Gasteiger partial charge in [0.15, 0.2) is 11.5 Å². The van der Waals surface area contributed by atoms with Crippen molar-refractivity contribution in [3.8, 4) is 22.6 Å². The quantitative estimate of drug-likeness (QED) is 0.398. The number of furan rings is 1. The van der Waals surface area contributed by atoms with Crippen LogP contribution < -0.4 is 15.7 Å². The van der Waals surface area contributed by atoms with Crippen LogP contribution in [0.4, 0.5) is 0 Å². The molecule has 32 heavy (non-hydrogen) atoms. The molecule has 0 fully saturated rings. The minimum absolute atomic E-state index is 0.00543. The van der Waals surface area contributed by atoms with Crippen LogP contribution in [-0.4, -0.2) is 20.4 Å². The van der Waals surface area contributed by atoms with Crippen LogP contribution in [0.25, 0.3) is 33.6 Å². The van der Waals surface area contributed by atoms with Crippen LogP contribution in [0.1, 0.15) is 23.0 Å². The highest BCUT2D eigenvalue weighted by Gasteiger charge is 2.13. The number of hydrogen-bond donors (Lipinski definition) is 0. The van der Waals surface area contributed by atoms with Crippen molar-refractivity contribution >= 4 is 28.2 Å². The number of carbonyl (C=O) groups is 1. The minimum atomic E-state index is -0.488. The molecule has 0 saturated heterocycles. The van der Waals surface area contributed by atoms with Crippen molar-refractivity contribution in [3.63, 3.8) is 0 Å². The standard InChI is InChI=1S/C24H15N3O4S/c1-14(28)15-7-9-16(10-8-15)19-12-11-18(31-19)13-20-23(30)27-24(32-20)25-22(29)21(26-27)17-5-3-2-4-6-17/h2-13H,1H3. The van der Waals surface area contributed by atoms with E-state index in [0.29, 0.717) is 27.2 Å². The average molecular weight is 441 g/mol. The van der Waals surface area contributed by atoms with Gasteiger partial charge in [0.2, 0.25) is 4.96 Å². The molecule has 7 nitrogen and oxygen atoms in total.